The molecule has 2 N–H and O–H groups in total. The first-order valence-corrected chi connectivity index (χ1v) is 8.14. The first-order valence-electron chi connectivity index (χ1n) is 8.14. The minimum atomic E-state index is -0.779. The van der Waals surface area contributed by atoms with Gasteiger partial charge in [0.2, 0.25) is 11.8 Å². The molecule has 1 saturated carbocycles. The minimum absolute atomic E-state index is 0.0461. The van der Waals surface area contributed by atoms with Gasteiger partial charge >= 0.3 is 0 Å². The van der Waals surface area contributed by atoms with Crippen LogP contribution < -0.4 is 10.6 Å². The van der Waals surface area contributed by atoms with Crippen molar-refractivity contribution in [2.75, 3.05) is 13.6 Å². The fourth-order valence-electron chi connectivity index (χ4n) is 3.21. The smallest absolute Gasteiger partial charge is 0.241 e. The summed E-state index contributed by atoms with van der Waals surface area (Å²) in [6, 6.07) is 5.39. The molecule has 23 heavy (non-hydrogen) atoms. The molecule has 1 aromatic rings. The number of likely N-dealkylation sites (tertiary alicyclic amines) is 1. The predicted octanol–water partition coefficient (Wildman–Crippen LogP) is 1.36. The van der Waals surface area contributed by atoms with Gasteiger partial charge in [-0.05, 0) is 31.7 Å². The van der Waals surface area contributed by atoms with Gasteiger partial charge in [-0.3, -0.25) is 14.5 Å². The van der Waals surface area contributed by atoms with Crippen molar-refractivity contribution >= 4 is 11.8 Å². The molecule has 2 amide bonds. The first-order chi connectivity index (χ1) is 11.1. The third-order valence-corrected chi connectivity index (χ3v) is 4.55. The van der Waals surface area contributed by atoms with Crippen molar-refractivity contribution in [3.63, 3.8) is 0 Å². The third kappa shape index (κ3) is 3.37. The van der Waals surface area contributed by atoms with E-state index in [1.54, 1.807) is 18.2 Å². The Balaban J connectivity index is 1.87. The molecule has 6 heteroatoms. The second kappa shape index (κ2) is 6.66. The van der Waals surface area contributed by atoms with Crippen molar-refractivity contribution < 1.29 is 14.0 Å². The Kier molecular flexibility index (Phi) is 4.61. The van der Waals surface area contributed by atoms with E-state index in [0.29, 0.717) is 18.5 Å². The van der Waals surface area contributed by atoms with Crippen molar-refractivity contribution in [2.24, 2.45) is 0 Å². The fraction of sp³-hybridized carbons (Fsp3) is 0.529. The minimum Gasteiger partial charge on any atom is -0.358 e. The summed E-state index contributed by atoms with van der Waals surface area (Å²) in [6.07, 6.45) is 3.56. The SMILES string of the molecule is CNC(=O)C(c1ccccc1F)N1CCCC1C(=O)NC1CC1. The molecule has 2 atom stereocenters. The maximum atomic E-state index is 14.2. The molecule has 124 valence electrons. The van der Waals surface area contributed by atoms with Crippen molar-refractivity contribution in [1.29, 1.82) is 0 Å². The molecule has 1 aliphatic carbocycles. The van der Waals surface area contributed by atoms with E-state index in [-0.39, 0.29) is 23.9 Å². The molecule has 3 rings (SSSR count). The molecule has 0 radical (unpaired) electrons. The van der Waals surface area contributed by atoms with Gasteiger partial charge in [0.05, 0.1) is 6.04 Å². The number of amides is 2. The molecule has 0 aromatic heterocycles. The largest absolute Gasteiger partial charge is 0.358 e. The zero-order valence-corrected chi connectivity index (χ0v) is 13.2. The maximum absolute atomic E-state index is 14.2. The third-order valence-electron chi connectivity index (χ3n) is 4.55. The number of nitrogens with one attached hydrogen (secondary N) is 2. The highest BCUT2D eigenvalue weighted by atomic mass is 19.1. The van der Waals surface area contributed by atoms with E-state index in [2.05, 4.69) is 10.6 Å². The molecule has 1 saturated heterocycles. The fourth-order valence-corrected chi connectivity index (χ4v) is 3.21. The molecule has 5 nitrogen and oxygen atoms in total. The number of carbonyl (C=O) groups is 2. The lowest BCUT2D eigenvalue weighted by Crippen LogP contribution is -2.49. The normalized spacial score (nSPS) is 22.6. The van der Waals surface area contributed by atoms with E-state index < -0.39 is 11.9 Å². The van der Waals surface area contributed by atoms with Crippen LogP contribution in [0.4, 0.5) is 4.39 Å². The second-order valence-corrected chi connectivity index (χ2v) is 6.22. The molecule has 2 fully saturated rings. The first kappa shape index (κ1) is 15.9. The summed E-state index contributed by atoms with van der Waals surface area (Å²) < 4.78 is 14.2. The monoisotopic (exact) mass is 319 g/mol. The summed E-state index contributed by atoms with van der Waals surface area (Å²) in [5.41, 5.74) is 0.318. The highest BCUT2D eigenvalue weighted by Gasteiger charge is 2.41. The van der Waals surface area contributed by atoms with Crippen LogP contribution in [0.3, 0.4) is 0 Å². The van der Waals surface area contributed by atoms with E-state index in [4.69, 9.17) is 0 Å². The van der Waals surface area contributed by atoms with Crippen LogP contribution in [0.5, 0.6) is 0 Å². The van der Waals surface area contributed by atoms with Gasteiger partial charge in [0.25, 0.3) is 0 Å². The lowest BCUT2D eigenvalue weighted by Gasteiger charge is -2.31. The molecule has 1 heterocycles. The Hall–Kier alpha value is -1.95. The summed E-state index contributed by atoms with van der Waals surface area (Å²) in [7, 11) is 1.53. The quantitative estimate of drug-likeness (QED) is 0.861. The molecule has 1 aromatic carbocycles. The summed E-state index contributed by atoms with van der Waals surface area (Å²) in [4.78, 5) is 26.7. The molecule has 0 spiro atoms. The number of rotatable bonds is 5. The van der Waals surface area contributed by atoms with Crippen molar-refractivity contribution in [1.82, 2.24) is 15.5 Å². The van der Waals surface area contributed by atoms with Gasteiger partial charge in [0.1, 0.15) is 11.9 Å². The van der Waals surface area contributed by atoms with Crippen LogP contribution in [-0.2, 0) is 9.59 Å². The second-order valence-electron chi connectivity index (χ2n) is 6.22. The number of benzene rings is 1. The van der Waals surface area contributed by atoms with Crippen molar-refractivity contribution in [3.05, 3.63) is 35.6 Å². The molecule has 2 unspecified atom stereocenters. The maximum Gasteiger partial charge on any atom is 0.241 e. The van der Waals surface area contributed by atoms with E-state index in [0.717, 1.165) is 19.3 Å². The number of likely N-dealkylation sites (N-methyl/N-ethyl adjacent to an activating group) is 1. The molecule has 0 bridgehead atoms. The van der Waals surface area contributed by atoms with Crippen LogP contribution in [0.25, 0.3) is 0 Å². The van der Waals surface area contributed by atoms with Crippen LogP contribution in [0.15, 0.2) is 24.3 Å². The van der Waals surface area contributed by atoms with Gasteiger partial charge in [0, 0.05) is 25.2 Å². The lowest BCUT2D eigenvalue weighted by atomic mass is 10.0. The Bertz CT molecular complexity index is 603. The topological polar surface area (TPSA) is 61.4 Å². The van der Waals surface area contributed by atoms with E-state index in [1.165, 1.54) is 13.1 Å². The molecular weight excluding hydrogens is 297 g/mol. The Morgan fingerprint density at radius 1 is 1.26 bits per heavy atom. The number of carbonyl (C=O) groups excluding carboxylic acids is 2. The molecule has 1 aliphatic heterocycles. The zero-order valence-electron chi connectivity index (χ0n) is 13.2. The number of halogens is 1. The van der Waals surface area contributed by atoms with Gasteiger partial charge < -0.3 is 10.6 Å². The average Bonchev–Trinajstić information content (AvgIpc) is 3.23. The van der Waals surface area contributed by atoms with E-state index in [9.17, 15) is 14.0 Å². The van der Waals surface area contributed by atoms with Crippen LogP contribution in [-0.4, -0.2) is 42.4 Å². The lowest BCUT2D eigenvalue weighted by molar-refractivity contribution is -0.131. The predicted molar refractivity (Wildman–Crippen MR) is 84.1 cm³/mol. The van der Waals surface area contributed by atoms with E-state index >= 15 is 0 Å². The van der Waals surface area contributed by atoms with Crippen LogP contribution >= 0.6 is 0 Å². The summed E-state index contributed by atoms with van der Waals surface area (Å²) in [6.45, 7) is 0.606. The van der Waals surface area contributed by atoms with Gasteiger partial charge in [-0.25, -0.2) is 4.39 Å². The van der Waals surface area contributed by atoms with E-state index in [1.807, 2.05) is 4.90 Å². The molecular formula is C17H22FN3O2. The van der Waals surface area contributed by atoms with Crippen molar-refractivity contribution in [2.45, 2.75) is 43.8 Å². The average molecular weight is 319 g/mol. The van der Waals surface area contributed by atoms with Crippen LogP contribution in [0.2, 0.25) is 0 Å². The Morgan fingerprint density at radius 3 is 2.65 bits per heavy atom. The Labute approximate surface area is 135 Å². The highest BCUT2D eigenvalue weighted by Crippen LogP contribution is 2.32. The van der Waals surface area contributed by atoms with Gasteiger partial charge in [0.15, 0.2) is 0 Å². The number of hydrogen-bond donors (Lipinski definition) is 2. The number of hydrogen-bond acceptors (Lipinski definition) is 3. The zero-order chi connectivity index (χ0) is 16.4. The van der Waals surface area contributed by atoms with Gasteiger partial charge in [-0.1, -0.05) is 18.2 Å². The summed E-state index contributed by atoms with van der Waals surface area (Å²) in [5.74, 6) is -0.759. The van der Waals surface area contributed by atoms with Crippen LogP contribution in [0, 0.1) is 5.82 Å². The van der Waals surface area contributed by atoms with Gasteiger partial charge in [-0.2, -0.15) is 0 Å². The van der Waals surface area contributed by atoms with Crippen LogP contribution in [0.1, 0.15) is 37.3 Å². The van der Waals surface area contributed by atoms with Gasteiger partial charge in [-0.15, -0.1) is 0 Å². The standard InChI is InChI=1S/C17H22FN3O2/c1-19-17(23)15(12-5-2-3-6-13(12)18)21-10-4-7-14(21)16(22)20-11-8-9-11/h2-3,5-6,11,14-15H,4,7-10H2,1H3,(H,19,23)(H,20,22). The molecule has 2 aliphatic rings. The highest BCUT2D eigenvalue weighted by molar-refractivity contribution is 5.86. The number of nitrogens with zero attached hydrogens (tertiary/aromatic N) is 1. The van der Waals surface area contributed by atoms with Crippen molar-refractivity contribution in [3.8, 4) is 0 Å². The Morgan fingerprint density at radius 2 is 2.00 bits per heavy atom. The summed E-state index contributed by atoms with van der Waals surface area (Å²) >= 11 is 0. The summed E-state index contributed by atoms with van der Waals surface area (Å²) in [5, 5.41) is 5.60.